The summed E-state index contributed by atoms with van der Waals surface area (Å²) in [6, 6.07) is 10.7. The molecule has 146 valence electrons. The molecule has 0 saturated heterocycles. The number of rotatable bonds is 6. The molecule has 9 heteroatoms. The third-order valence-electron chi connectivity index (χ3n) is 3.82. The SMILES string of the molecule is CCc1ccccc1N(CC(=O)Nc1ccc(C(F)(F)F)cc1)S(C)(=O)=O. The first kappa shape index (κ1) is 20.8. The Morgan fingerprint density at radius 1 is 1.07 bits per heavy atom. The average molecular weight is 400 g/mol. The molecule has 0 radical (unpaired) electrons. The zero-order valence-electron chi connectivity index (χ0n) is 14.7. The largest absolute Gasteiger partial charge is 0.416 e. The fourth-order valence-corrected chi connectivity index (χ4v) is 3.39. The summed E-state index contributed by atoms with van der Waals surface area (Å²) in [5.74, 6) is -0.661. The van der Waals surface area contributed by atoms with E-state index in [4.69, 9.17) is 0 Å². The van der Waals surface area contributed by atoms with Gasteiger partial charge in [-0.2, -0.15) is 13.2 Å². The minimum absolute atomic E-state index is 0.144. The smallest absolute Gasteiger partial charge is 0.325 e. The van der Waals surface area contributed by atoms with Gasteiger partial charge in [-0.3, -0.25) is 9.10 Å². The zero-order valence-corrected chi connectivity index (χ0v) is 15.6. The van der Waals surface area contributed by atoms with Gasteiger partial charge >= 0.3 is 6.18 Å². The number of hydrogen-bond donors (Lipinski definition) is 1. The average Bonchev–Trinajstić information content (AvgIpc) is 2.58. The summed E-state index contributed by atoms with van der Waals surface area (Å²) in [4.78, 5) is 12.3. The second-order valence-corrected chi connectivity index (χ2v) is 7.78. The number of halogens is 3. The number of para-hydroxylation sites is 1. The predicted molar refractivity (Wildman–Crippen MR) is 98.1 cm³/mol. The first-order chi connectivity index (χ1) is 12.5. The molecule has 0 unspecified atom stereocenters. The van der Waals surface area contributed by atoms with E-state index in [0.29, 0.717) is 12.1 Å². The highest BCUT2D eigenvalue weighted by Crippen LogP contribution is 2.30. The van der Waals surface area contributed by atoms with Crippen LogP contribution in [0.15, 0.2) is 48.5 Å². The van der Waals surface area contributed by atoms with Crippen LogP contribution in [0, 0.1) is 0 Å². The molecule has 0 fully saturated rings. The van der Waals surface area contributed by atoms with E-state index in [2.05, 4.69) is 5.32 Å². The molecule has 0 atom stereocenters. The summed E-state index contributed by atoms with van der Waals surface area (Å²) >= 11 is 0. The molecule has 0 aromatic heterocycles. The number of carbonyl (C=O) groups excluding carboxylic acids is 1. The van der Waals surface area contributed by atoms with Crippen LogP contribution in [0.2, 0.25) is 0 Å². The van der Waals surface area contributed by atoms with Gasteiger partial charge in [-0.1, -0.05) is 25.1 Å². The minimum Gasteiger partial charge on any atom is -0.325 e. The molecule has 0 heterocycles. The molecule has 0 saturated carbocycles. The number of nitrogens with one attached hydrogen (secondary N) is 1. The van der Waals surface area contributed by atoms with Gasteiger partial charge < -0.3 is 5.32 Å². The van der Waals surface area contributed by atoms with Crippen LogP contribution < -0.4 is 9.62 Å². The molecule has 0 aliphatic heterocycles. The van der Waals surface area contributed by atoms with Gasteiger partial charge in [0.25, 0.3) is 0 Å². The lowest BCUT2D eigenvalue weighted by Gasteiger charge is -2.24. The molecule has 1 amide bonds. The second-order valence-electron chi connectivity index (χ2n) is 5.88. The fourth-order valence-electron chi connectivity index (χ4n) is 2.51. The number of carbonyl (C=O) groups is 1. The lowest BCUT2D eigenvalue weighted by atomic mass is 10.1. The highest BCUT2D eigenvalue weighted by molar-refractivity contribution is 7.92. The quantitative estimate of drug-likeness (QED) is 0.805. The molecule has 2 rings (SSSR count). The van der Waals surface area contributed by atoms with Crippen LogP contribution in [0.4, 0.5) is 24.5 Å². The lowest BCUT2D eigenvalue weighted by molar-refractivity contribution is -0.137. The van der Waals surface area contributed by atoms with Crippen LogP contribution >= 0.6 is 0 Å². The molecule has 0 aliphatic carbocycles. The van der Waals surface area contributed by atoms with Gasteiger partial charge in [-0.15, -0.1) is 0 Å². The molecule has 27 heavy (non-hydrogen) atoms. The Balaban J connectivity index is 2.20. The molecule has 0 aliphatic rings. The van der Waals surface area contributed by atoms with Crippen molar-refractivity contribution in [2.24, 2.45) is 0 Å². The number of alkyl halides is 3. The lowest BCUT2D eigenvalue weighted by Crippen LogP contribution is -2.38. The van der Waals surface area contributed by atoms with Gasteiger partial charge in [0.1, 0.15) is 6.54 Å². The van der Waals surface area contributed by atoms with E-state index in [-0.39, 0.29) is 5.69 Å². The minimum atomic E-state index is -4.47. The first-order valence-corrected chi connectivity index (χ1v) is 9.90. The van der Waals surface area contributed by atoms with Crippen molar-refractivity contribution in [3.63, 3.8) is 0 Å². The van der Waals surface area contributed by atoms with E-state index in [1.165, 1.54) is 0 Å². The van der Waals surface area contributed by atoms with Crippen LogP contribution in [0.25, 0.3) is 0 Å². The number of nitrogens with zero attached hydrogens (tertiary/aromatic N) is 1. The van der Waals surface area contributed by atoms with E-state index in [0.717, 1.165) is 40.4 Å². The molecule has 0 spiro atoms. The van der Waals surface area contributed by atoms with E-state index < -0.39 is 34.2 Å². The van der Waals surface area contributed by atoms with Crippen molar-refractivity contribution in [1.29, 1.82) is 0 Å². The van der Waals surface area contributed by atoms with Crippen molar-refractivity contribution >= 4 is 27.3 Å². The van der Waals surface area contributed by atoms with Gasteiger partial charge in [0.15, 0.2) is 0 Å². The topological polar surface area (TPSA) is 66.5 Å². The van der Waals surface area contributed by atoms with E-state index in [9.17, 15) is 26.4 Å². The number of anilines is 2. The summed E-state index contributed by atoms with van der Waals surface area (Å²) < 4.78 is 63.1. The van der Waals surface area contributed by atoms with Crippen molar-refractivity contribution in [2.45, 2.75) is 19.5 Å². The van der Waals surface area contributed by atoms with Crippen molar-refractivity contribution in [1.82, 2.24) is 0 Å². The van der Waals surface area contributed by atoms with Gasteiger partial charge in [0.2, 0.25) is 15.9 Å². The highest BCUT2D eigenvalue weighted by atomic mass is 32.2. The Morgan fingerprint density at radius 2 is 1.67 bits per heavy atom. The maximum atomic E-state index is 12.6. The number of aryl methyl sites for hydroxylation is 1. The van der Waals surface area contributed by atoms with Crippen LogP contribution in [0.5, 0.6) is 0 Å². The maximum absolute atomic E-state index is 12.6. The summed E-state index contributed by atoms with van der Waals surface area (Å²) in [7, 11) is -3.74. The van der Waals surface area contributed by atoms with Crippen molar-refractivity contribution < 1.29 is 26.4 Å². The maximum Gasteiger partial charge on any atom is 0.416 e. The first-order valence-electron chi connectivity index (χ1n) is 8.05. The van der Waals surface area contributed by atoms with E-state index >= 15 is 0 Å². The summed E-state index contributed by atoms with van der Waals surface area (Å²) in [6.07, 6.45) is -2.91. The second kappa shape index (κ2) is 7.99. The van der Waals surface area contributed by atoms with Gasteiger partial charge in [0.05, 0.1) is 17.5 Å². The monoisotopic (exact) mass is 400 g/mol. The molecule has 2 aromatic rings. The van der Waals surface area contributed by atoms with Crippen LogP contribution in [-0.4, -0.2) is 27.1 Å². The zero-order chi connectivity index (χ0) is 20.2. The number of sulfonamides is 1. The standard InChI is InChI=1S/C18H19F3N2O3S/c1-3-13-6-4-5-7-16(13)23(27(2,25)26)12-17(24)22-15-10-8-14(9-11-15)18(19,20)21/h4-11H,3,12H2,1-2H3,(H,22,24). The van der Waals surface area contributed by atoms with E-state index in [1.807, 2.05) is 6.92 Å². The van der Waals surface area contributed by atoms with Gasteiger partial charge in [-0.25, -0.2) is 8.42 Å². The highest BCUT2D eigenvalue weighted by Gasteiger charge is 2.30. The Labute approximate surface area is 155 Å². The number of benzene rings is 2. The van der Waals surface area contributed by atoms with Gasteiger partial charge in [-0.05, 0) is 42.3 Å². The van der Waals surface area contributed by atoms with Crippen LogP contribution in [0.3, 0.4) is 0 Å². The Hall–Kier alpha value is -2.55. The molecular formula is C18H19F3N2O3S. The van der Waals surface area contributed by atoms with Crippen molar-refractivity contribution in [3.05, 3.63) is 59.7 Å². The molecule has 1 N–H and O–H groups in total. The summed E-state index contributed by atoms with van der Waals surface area (Å²) in [5.41, 5.74) is 0.454. The summed E-state index contributed by atoms with van der Waals surface area (Å²) in [5, 5.41) is 2.42. The normalized spacial score (nSPS) is 11.9. The molecule has 0 bridgehead atoms. The molecular weight excluding hydrogens is 381 g/mol. The Kier molecular flexibility index (Phi) is 6.15. The Bertz CT molecular complexity index is 910. The van der Waals surface area contributed by atoms with Crippen molar-refractivity contribution in [3.8, 4) is 0 Å². The van der Waals surface area contributed by atoms with Crippen LogP contribution in [0.1, 0.15) is 18.1 Å². The molecule has 2 aromatic carbocycles. The van der Waals surface area contributed by atoms with Gasteiger partial charge in [0, 0.05) is 5.69 Å². The number of amides is 1. The van der Waals surface area contributed by atoms with E-state index in [1.54, 1.807) is 24.3 Å². The fraction of sp³-hybridized carbons (Fsp3) is 0.278. The third-order valence-corrected chi connectivity index (χ3v) is 4.95. The third kappa shape index (κ3) is 5.46. The Morgan fingerprint density at radius 3 is 2.19 bits per heavy atom. The predicted octanol–water partition coefficient (Wildman–Crippen LogP) is 3.67. The van der Waals surface area contributed by atoms with Crippen molar-refractivity contribution in [2.75, 3.05) is 22.4 Å². The summed E-state index contributed by atoms with van der Waals surface area (Å²) in [6.45, 7) is 1.37. The van der Waals surface area contributed by atoms with Crippen LogP contribution in [-0.2, 0) is 27.4 Å². The molecule has 5 nitrogen and oxygen atoms in total. The number of hydrogen-bond acceptors (Lipinski definition) is 3.